The van der Waals surface area contributed by atoms with Crippen molar-refractivity contribution in [2.24, 2.45) is 22.9 Å². The van der Waals surface area contributed by atoms with Gasteiger partial charge in [-0.05, 0) is 73.8 Å². The fourth-order valence-corrected chi connectivity index (χ4v) is 8.52. The third-order valence-corrected chi connectivity index (χ3v) is 11.1. The maximum atomic E-state index is 13.6. The molecule has 11 heteroatoms. The molecule has 6 atom stereocenters. The minimum atomic E-state index is -1.31. The number of fused-ring (bicyclic) bond motifs is 2. The fourth-order valence-electron chi connectivity index (χ4n) is 8.52. The number of carbonyl (C=O) groups excluding carboxylic acids is 1. The minimum absolute atomic E-state index is 0.116. The summed E-state index contributed by atoms with van der Waals surface area (Å²) in [7, 11) is 1.73. The molecule has 2 fully saturated rings. The molecular formula is C42H57N3O8. The molecule has 0 spiro atoms. The van der Waals surface area contributed by atoms with Gasteiger partial charge in [-0.3, -0.25) is 4.90 Å². The highest BCUT2D eigenvalue weighted by atomic mass is 16.7. The Bertz CT molecular complexity index is 1580. The number of carbonyl (C=O) groups is 1. The number of likely N-dealkylation sites (N-methyl/N-ethyl adjacent to an activating group) is 1. The second-order valence-electron chi connectivity index (χ2n) is 14.5. The van der Waals surface area contributed by atoms with E-state index in [0.717, 1.165) is 73.5 Å². The Hall–Kier alpha value is -3.90. The van der Waals surface area contributed by atoms with Crippen molar-refractivity contribution in [3.63, 3.8) is 0 Å². The van der Waals surface area contributed by atoms with Crippen LogP contribution in [0.2, 0.25) is 0 Å². The molecule has 0 aromatic heterocycles. The minimum Gasteiger partial charge on any atom is -0.492 e. The smallest absolute Gasteiger partial charge is 0.409 e. The number of hydrogen-bond donors (Lipinski definition) is 2. The van der Waals surface area contributed by atoms with Gasteiger partial charge in [-0.2, -0.15) is 0 Å². The predicted octanol–water partition coefficient (Wildman–Crippen LogP) is 6.30. The number of allylic oxidation sites excluding steroid dienone is 1. The number of amides is 1. The molecule has 1 amide bonds. The number of rotatable bonds is 20. The summed E-state index contributed by atoms with van der Waals surface area (Å²) in [5.74, 6) is -0.0591. The number of unbranched alkanes of at least 4 members (excludes halogenated alkanes) is 2. The van der Waals surface area contributed by atoms with E-state index in [2.05, 4.69) is 23.6 Å². The van der Waals surface area contributed by atoms with E-state index in [1.54, 1.807) is 24.9 Å². The highest BCUT2D eigenvalue weighted by Gasteiger charge is 2.65. The van der Waals surface area contributed by atoms with Gasteiger partial charge >= 0.3 is 6.09 Å². The standard InChI is InChI=1S/C42H57N3O8/c1-4-24-51-42-38(44(3)41(48)49-5-2)28-36(43-52-29-30-13-7-6-8-14-30)34-26-31(15-9-11-22-46)33(16-10-12-23-47)39(40(34)42)35-27-32(17-18-37(35)53-42)50-25-21-45-19-20-45/h4,6-8,13-14,17-18,26-27,31,33,38-40,46-47H,1,5,9-12,15-16,19-25,28-29H2,2-3H3/t31-,33+,38-,39+,40+,42+/m0/s1. The van der Waals surface area contributed by atoms with Gasteiger partial charge in [0.15, 0.2) is 0 Å². The van der Waals surface area contributed by atoms with Crippen LogP contribution >= 0.6 is 0 Å². The largest absolute Gasteiger partial charge is 0.492 e. The first-order valence-electron chi connectivity index (χ1n) is 19.4. The molecule has 288 valence electrons. The first-order chi connectivity index (χ1) is 25.9. The summed E-state index contributed by atoms with van der Waals surface area (Å²) in [5.41, 5.74) is 3.77. The zero-order valence-corrected chi connectivity index (χ0v) is 31.4. The van der Waals surface area contributed by atoms with E-state index < -0.39 is 17.9 Å². The summed E-state index contributed by atoms with van der Waals surface area (Å²) < 4.78 is 26.0. The van der Waals surface area contributed by atoms with E-state index in [9.17, 15) is 15.0 Å². The molecule has 53 heavy (non-hydrogen) atoms. The predicted molar refractivity (Wildman–Crippen MR) is 203 cm³/mol. The van der Waals surface area contributed by atoms with Crippen LogP contribution in [0.4, 0.5) is 4.79 Å². The summed E-state index contributed by atoms with van der Waals surface area (Å²) in [5, 5.41) is 24.5. The summed E-state index contributed by atoms with van der Waals surface area (Å²) in [4.78, 5) is 23.6. The maximum absolute atomic E-state index is 13.6. The Balaban J connectivity index is 1.51. The van der Waals surface area contributed by atoms with Gasteiger partial charge in [0, 0.05) is 57.8 Å². The third kappa shape index (κ3) is 8.91. The quantitative estimate of drug-likeness (QED) is 0.0699. The normalized spacial score (nSPS) is 26.5. The van der Waals surface area contributed by atoms with Crippen molar-refractivity contribution < 1.29 is 38.8 Å². The molecule has 2 aliphatic carbocycles. The lowest BCUT2D eigenvalue weighted by Crippen LogP contribution is -2.69. The lowest BCUT2D eigenvalue weighted by molar-refractivity contribution is -0.253. The summed E-state index contributed by atoms with van der Waals surface area (Å²) in [6, 6.07) is 15.4. The van der Waals surface area contributed by atoms with Crippen LogP contribution in [0.5, 0.6) is 11.5 Å². The van der Waals surface area contributed by atoms with Crippen LogP contribution in [-0.4, -0.2) is 103 Å². The van der Waals surface area contributed by atoms with E-state index in [0.29, 0.717) is 38.2 Å². The average molecular weight is 732 g/mol. The van der Waals surface area contributed by atoms with Crippen LogP contribution < -0.4 is 9.47 Å². The Morgan fingerprint density at radius 3 is 2.58 bits per heavy atom. The van der Waals surface area contributed by atoms with Gasteiger partial charge in [-0.25, -0.2) is 4.79 Å². The molecule has 2 heterocycles. The average Bonchev–Trinajstić information content (AvgIpc) is 4.00. The molecule has 11 nitrogen and oxygen atoms in total. The molecule has 1 saturated heterocycles. The van der Waals surface area contributed by atoms with Crippen molar-refractivity contribution in [2.45, 2.75) is 76.2 Å². The van der Waals surface area contributed by atoms with E-state index >= 15 is 0 Å². The second-order valence-corrected chi connectivity index (χ2v) is 14.5. The van der Waals surface area contributed by atoms with E-state index in [1.165, 1.54) is 0 Å². The van der Waals surface area contributed by atoms with Gasteiger partial charge in [-0.1, -0.05) is 60.5 Å². The Morgan fingerprint density at radius 1 is 1.09 bits per heavy atom. The molecule has 2 aromatic carbocycles. The number of ether oxygens (including phenoxy) is 4. The number of oxime groups is 1. The Morgan fingerprint density at radius 2 is 1.87 bits per heavy atom. The molecular weight excluding hydrogens is 674 g/mol. The van der Waals surface area contributed by atoms with Gasteiger partial charge in [0.25, 0.3) is 0 Å². The van der Waals surface area contributed by atoms with Crippen molar-refractivity contribution in [2.75, 3.05) is 59.7 Å². The number of aliphatic hydroxyl groups excluding tert-OH is 2. The highest BCUT2D eigenvalue weighted by Crippen LogP contribution is 2.61. The van der Waals surface area contributed by atoms with Crippen molar-refractivity contribution in [1.82, 2.24) is 9.80 Å². The maximum Gasteiger partial charge on any atom is 0.409 e. The summed E-state index contributed by atoms with van der Waals surface area (Å²) in [6.07, 6.45) is 8.76. The van der Waals surface area contributed by atoms with Gasteiger partial charge in [-0.15, -0.1) is 6.58 Å². The molecule has 1 saturated carbocycles. The van der Waals surface area contributed by atoms with Crippen molar-refractivity contribution in [3.05, 3.63) is 84.0 Å². The molecule has 6 rings (SSSR count). The number of benzene rings is 2. The molecule has 2 aliphatic heterocycles. The van der Waals surface area contributed by atoms with Crippen LogP contribution in [0.3, 0.4) is 0 Å². The molecule has 2 N–H and O–H groups in total. The Labute approximate surface area is 314 Å². The van der Waals surface area contributed by atoms with Crippen LogP contribution in [0.1, 0.15) is 68.9 Å². The highest BCUT2D eigenvalue weighted by molar-refractivity contribution is 6.02. The van der Waals surface area contributed by atoms with Gasteiger partial charge < -0.3 is 38.9 Å². The van der Waals surface area contributed by atoms with Crippen LogP contribution in [0, 0.1) is 17.8 Å². The first-order valence-corrected chi connectivity index (χ1v) is 19.4. The topological polar surface area (TPSA) is 122 Å². The zero-order valence-electron chi connectivity index (χ0n) is 31.4. The number of hydrogen-bond acceptors (Lipinski definition) is 10. The van der Waals surface area contributed by atoms with E-state index in [-0.39, 0.29) is 50.1 Å². The van der Waals surface area contributed by atoms with Gasteiger partial charge in [0.05, 0.1) is 24.8 Å². The molecule has 0 unspecified atom stereocenters. The molecule has 4 aliphatic rings. The van der Waals surface area contributed by atoms with Crippen molar-refractivity contribution in [3.8, 4) is 11.5 Å². The van der Waals surface area contributed by atoms with Crippen LogP contribution in [0.25, 0.3) is 0 Å². The van der Waals surface area contributed by atoms with Gasteiger partial charge in [0.1, 0.15) is 30.8 Å². The summed E-state index contributed by atoms with van der Waals surface area (Å²) in [6.45, 7) is 10.5. The lowest BCUT2D eigenvalue weighted by atomic mass is 9.55. The molecule has 0 radical (unpaired) electrons. The van der Waals surface area contributed by atoms with E-state index in [4.69, 9.17) is 28.9 Å². The second kappa shape index (κ2) is 18.4. The third-order valence-electron chi connectivity index (χ3n) is 11.1. The zero-order chi connectivity index (χ0) is 37.2. The van der Waals surface area contributed by atoms with Crippen molar-refractivity contribution in [1.29, 1.82) is 0 Å². The SMILES string of the molecule is C=CCO[C@@]12Oc3ccc(OCCN4CC4)cc3[C@H]3[C@H](CCCCO)[C@@H](CCCCO)C=C(C(=NOCc4ccccc4)C[C@@H]1N(C)C(=O)OCC)[C@H]32. The van der Waals surface area contributed by atoms with Gasteiger partial charge in [0.2, 0.25) is 5.79 Å². The molecule has 0 bridgehead atoms. The van der Waals surface area contributed by atoms with Crippen LogP contribution in [0.15, 0.2) is 78.0 Å². The summed E-state index contributed by atoms with van der Waals surface area (Å²) >= 11 is 0. The Kier molecular flexibility index (Phi) is 13.5. The fraction of sp³-hybridized carbons (Fsp3) is 0.571. The monoisotopic (exact) mass is 731 g/mol. The lowest BCUT2D eigenvalue weighted by Gasteiger charge is -2.59. The number of aliphatic hydroxyl groups is 2. The molecule has 2 aromatic rings. The van der Waals surface area contributed by atoms with E-state index in [1.807, 2.05) is 42.5 Å². The number of nitrogens with zero attached hydrogens (tertiary/aromatic N) is 3. The van der Waals surface area contributed by atoms with Crippen molar-refractivity contribution >= 4 is 11.8 Å². The first kappa shape index (κ1) is 38.8. The van der Waals surface area contributed by atoms with Crippen LogP contribution in [-0.2, 0) is 20.9 Å².